The van der Waals surface area contributed by atoms with Gasteiger partial charge in [-0.3, -0.25) is 4.79 Å². The first-order valence-electron chi connectivity index (χ1n) is 6.48. The Morgan fingerprint density at radius 2 is 1.90 bits per heavy atom. The molecular weight excluding hydrogens is 291 g/mol. The van der Waals surface area contributed by atoms with E-state index in [0.29, 0.717) is 17.1 Å². The molecule has 4 nitrogen and oxygen atoms in total. The molecule has 0 amide bonds. The molecule has 2 rings (SSSR count). The van der Waals surface area contributed by atoms with Crippen molar-refractivity contribution in [2.24, 2.45) is 0 Å². The highest BCUT2D eigenvalue weighted by Crippen LogP contribution is 2.28. The average Bonchev–Trinajstić information content (AvgIpc) is 2.37. The highest BCUT2D eigenvalue weighted by molar-refractivity contribution is 7.99. The number of halogens is 1. The normalized spacial score (nSPS) is 11.6. The number of nitrogens with zero attached hydrogens (tertiary/aromatic N) is 1. The van der Waals surface area contributed by atoms with Crippen molar-refractivity contribution in [2.45, 2.75) is 31.3 Å². The lowest BCUT2D eigenvalue weighted by molar-refractivity contribution is 0.451. The summed E-state index contributed by atoms with van der Waals surface area (Å²) >= 11 is 1.61. The number of aromatic hydroxyl groups is 1. The molecule has 0 radical (unpaired) electrons. The fourth-order valence-corrected chi connectivity index (χ4v) is 2.44. The summed E-state index contributed by atoms with van der Waals surface area (Å²) in [6.45, 7) is 6.17. The lowest BCUT2D eigenvalue weighted by Gasteiger charge is -2.17. The zero-order valence-corrected chi connectivity index (χ0v) is 12.9. The van der Waals surface area contributed by atoms with Gasteiger partial charge in [-0.05, 0) is 17.7 Å². The second-order valence-corrected chi connectivity index (χ2v) is 7.42. The van der Waals surface area contributed by atoms with Crippen LogP contribution in [0.5, 0.6) is 5.88 Å². The molecule has 0 aliphatic carbocycles. The summed E-state index contributed by atoms with van der Waals surface area (Å²) in [5, 5.41) is 9.99. The van der Waals surface area contributed by atoms with Crippen molar-refractivity contribution in [3.8, 4) is 17.0 Å². The quantitative estimate of drug-likeness (QED) is 0.913. The summed E-state index contributed by atoms with van der Waals surface area (Å²) < 4.78 is 12.9. The van der Waals surface area contributed by atoms with Gasteiger partial charge in [0.1, 0.15) is 17.2 Å². The van der Waals surface area contributed by atoms with E-state index in [-0.39, 0.29) is 16.2 Å². The molecule has 1 aromatic heterocycles. The first-order chi connectivity index (χ1) is 9.76. The molecule has 0 aliphatic rings. The molecule has 0 bridgehead atoms. The second-order valence-electron chi connectivity index (χ2n) is 5.62. The smallest absolute Gasteiger partial charge is 0.262 e. The average molecular weight is 308 g/mol. The zero-order chi connectivity index (χ0) is 15.6. The van der Waals surface area contributed by atoms with E-state index in [1.165, 1.54) is 24.3 Å². The number of benzene rings is 1. The lowest BCUT2D eigenvalue weighted by Crippen LogP contribution is -2.15. The minimum atomic E-state index is -0.432. The van der Waals surface area contributed by atoms with Crippen LogP contribution >= 0.6 is 11.8 Å². The van der Waals surface area contributed by atoms with E-state index in [1.807, 2.05) is 0 Å². The molecule has 0 saturated carbocycles. The first kappa shape index (κ1) is 15.6. The van der Waals surface area contributed by atoms with E-state index in [9.17, 15) is 14.3 Å². The van der Waals surface area contributed by atoms with Crippen LogP contribution < -0.4 is 5.56 Å². The Labute approximate surface area is 126 Å². The zero-order valence-electron chi connectivity index (χ0n) is 12.1. The Bertz CT molecular complexity index is 690. The molecule has 0 spiro atoms. The Morgan fingerprint density at radius 3 is 2.43 bits per heavy atom. The van der Waals surface area contributed by atoms with E-state index in [2.05, 4.69) is 30.7 Å². The van der Waals surface area contributed by atoms with Gasteiger partial charge in [-0.2, -0.15) is 4.98 Å². The molecule has 112 valence electrons. The molecule has 0 atom stereocenters. The van der Waals surface area contributed by atoms with Crippen LogP contribution in [0.15, 0.2) is 29.1 Å². The molecule has 2 N–H and O–H groups in total. The van der Waals surface area contributed by atoms with Crippen LogP contribution in [0.3, 0.4) is 0 Å². The molecule has 6 heteroatoms. The van der Waals surface area contributed by atoms with E-state index in [4.69, 9.17) is 0 Å². The summed E-state index contributed by atoms with van der Waals surface area (Å²) in [5.74, 6) is 0.176. The van der Waals surface area contributed by atoms with Crippen molar-refractivity contribution in [3.05, 3.63) is 46.3 Å². The predicted octanol–water partition coefficient (Wildman–Crippen LogP) is 3.31. The summed E-state index contributed by atoms with van der Waals surface area (Å²) in [5.41, 5.74) is 0.0517. The van der Waals surface area contributed by atoms with Gasteiger partial charge in [-0.25, -0.2) is 4.39 Å². The number of thioether (sulfide) groups is 1. The van der Waals surface area contributed by atoms with Gasteiger partial charge in [-0.1, -0.05) is 32.9 Å². The molecule has 0 aliphatic heterocycles. The van der Waals surface area contributed by atoms with Crippen LogP contribution in [0.1, 0.15) is 26.6 Å². The molecule has 1 aromatic carbocycles. The third-order valence-corrected chi connectivity index (χ3v) is 4.01. The van der Waals surface area contributed by atoms with Crippen LogP contribution in [0.4, 0.5) is 4.39 Å². The minimum Gasteiger partial charge on any atom is -0.493 e. The lowest BCUT2D eigenvalue weighted by atomic mass is 10.1. The minimum absolute atomic E-state index is 0.0316. The van der Waals surface area contributed by atoms with E-state index in [1.54, 1.807) is 11.8 Å². The summed E-state index contributed by atoms with van der Waals surface area (Å²) in [6, 6.07) is 5.34. The van der Waals surface area contributed by atoms with Gasteiger partial charge < -0.3 is 10.1 Å². The van der Waals surface area contributed by atoms with Gasteiger partial charge in [0.25, 0.3) is 5.56 Å². The summed E-state index contributed by atoms with van der Waals surface area (Å²) in [6.07, 6.45) is 0. The number of hydrogen-bond donors (Lipinski definition) is 2. The van der Waals surface area contributed by atoms with E-state index in [0.717, 1.165) is 0 Å². The van der Waals surface area contributed by atoms with Gasteiger partial charge in [-0.15, -0.1) is 11.8 Å². The Kier molecular flexibility index (Phi) is 4.37. The maximum absolute atomic E-state index is 12.9. The van der Waals surface area contributed by atoms with Crippen LogP contribution in [-0.2, 0) is 5.75 Å². The number of aromatic amines is 1. The summed E-state index contributed by atoms with van der Waals surface area (Å²) in [7, 11) is 0. The molecule has 0 unspecified atom stereocenters. The second kappa shape index (κ2) is 5.89. The van der Waals surface area contributed by atoms with Gasteiger partial charge in [0.15, 0.2) is 0 Å². The molecule has 1 heterocycles. The first-order valence-corrected chi connectivity index (χ1v) is 7.47. The van der Waals surface area contributed by atoms with Crippen LogP contribution in [0, 0.1) is 5.82 Å². The molecule has 2 aromatic rings. The monoisotopic (exact) mass is 308 g/mol. The number of rotatable bonds is 3. The van der Waals surface area contributed by atoms with Crippen molar-refractivity contribution in [1.29, 1.82) is 0 Å². The molecule has 0 saturated heterocycles. The third kappa shape index (κ3) is 4.07. The number of hydrogen-bond acceptors (Lipinski definition) is 4. The van der Waals surface area contributed by atoms with Crippen LogP contribution in [0.2, 0.25) is 0 Å². The standard InChI is InChI=1S/C15H17FN2O2S/c1-15(2,3)21-8-11-17-13(19)12(14(20)18-11)9-4-6-10(16)7-5-9/h4-7H,8H2,1-3H3,(H2,17,18,19,20). The molecule has 21 heavy (non-hydrogen) atoms. The van der Waals surface area contributed by atoms with Crippen molar-refractivity contribution in [1.82, 2.24) is 9.97 Å². The van der Waals surface area contributed by atoms with Gasteiger partial charge in [0, 0.05) is 4.75 Å². The predicted molar refractivity (Wildman–Crippen MR) is 83.0 cm³/mol. The maximum atomic E-state index is 12.9. The SMILES string of the molecule is CC(C)(C)SCc1nc(O)c(-c2ccc(F)cc2)c(=O)[nH]1. The maximum Gasteiger partial charge on any atom is 0.262 e. The highest BCUT2D eigenvalue weighted by atomic mass is 32.2. The van der Waals surface area contributed by atoms with Crippen molar-refractivity contribution >= 4 is 11.8 Å². The van der Waals surface area contributed by atoms with Crippen molar-refractivity contribution in [2.75, 3.05) is 0 Å². The largest absolute Gasteiger partial charge is 0.493 e. The third-order valence-electron chi connectivity index (χ3n) is 2.72. The molecule has 0 fully saturated rings. The topological polar surface area (TPSA) is 66.0 Å². The van der Waals surface area contributed by atoms with E-state index >= 15 is 0 Å². The molecular formula is C15H17FN2O2S. The Hall–Kier alpha value is -1.82. The van der Waals surface area contributed by atoms with Gasteiger partial charge >= 0.3 is 0 Å². The Balaban J connectivity index is 2.34. The fourth-order valence-electron chi connectivity index (χ4n) is 1.74. The number of aromatic nitrogens is 2. The summed E-state index contributed by atoms with van der Waals surface area (Å²) in [4.78, 5) is 18.8. The van der Waals surface area contributed by atoms with Crippen molar-refractivity contribution in [3.63, 3.8) is 0 Å². The van der Waals surface area contributed by atoms with Gasteiger partial charge in [0.05, 0.1) is 5.75 Å². The van der Waals surface area contributed by atoms with Crippen LogP contribution in [-0.4, -0.2) is 19.8 Å². The number of nitrogens with one attached hydrogen (secondary N) is 1. The van der Waals surface area contributed by atoms with Crippen molar-refractivity contribution < 1.29 is 9.50 Å². The highest BCUT2D eigenvalue weighted by Gasteiger charge is 2.15. The Morgan fingerprint density at radius 1 is 1.29 bits per heavy atom. The van der Waals surface area contributed by atoms with Gasteiger partial charge in [0.2, 0.25) is 5.88 Å². The number of H-pyrrole nitrogens is 1. The van der Waals surface area contributed by atoms with Crippen LogP contribution in [0.25, 0.3) is 11.1 Å². The fraction of sp³-hybridized carbons (Fsp3) is 0.333. The van der Waals surface area contributed by atoms with E-state index < -0.39 is 11.4 Å².